The van der Waals surface area contributed by atoms with Crippen molar-refractivity contribution in [2.24, 2.45) is 0 Å². The molecule has 5 aromatic rings. The standard InChI is InChI=1S/C24H16Cl2N2O3S/c1-30-21-11-14(7-9-20(21)31-13-15-6-8-16(25)17(26)10-15)12-22-23(29)28-19-5-3-2-4-18(19)27-24(28)32-22/h2-12H,13H2,1H3/b22-12-. The maximum atomic E-state index is 13.0. The second-order valence-corrected chi connectivity index (χ2v) is 8.91. The van der Waals surface area contributed by atoms with Gasteiger partial charge < -0.3 is 9.47 Å². The van der Waals surface area contributed by atoms with Crippen molar-refractivity contribution in [1.29, 1.82) is 0 Å². The molecule has 32 heavy (non-hydrogen) atoms. The SMILES string of the molecule is COc1cc(/C=c2\sc3nc4ccccc4n3c2=O)ccc1OCc1ccc(Cl)c(Cl)c1. The molecule has 5 rings (SSSR count). The first-order valence-electron chi connectivity index (χ1n) is 9.70. The number of nitrogens with zero attached hydrogens (tertiary/aromatic N) is 2. The summed E-state index contributed by atoms with van der Waals surface area (Å²) in [7, 11) is 1.58. The van der Waals surface area contributed by atoms with E-state index in [4.69, 9.17) is 32.7 Å². The van der Waals surface area contributed by atoms with Crippen molar-refractivity contribution >= 4 is 56.6 Å². The molecule has 0 saturated carbocycles. The Labute approximate surface area is 197 Å². The number of benzene rings is 3. The van der Waals surface area contributed by atoms with Gasteiger partial charge in [0.1, 0.15) is 6.61 Å². The van der Waals surface area contributed by atoms with Crippen LogP contribution < -0.4 is 19.6 Å². The fourth-order valence-corrected chi connectivity index (χ4v) is 4.75. The second kappa shape index (κ2) is 8.47. The number of ether oxygens (including phenoxy) is 2. The van der Waals surface area contributed by atoms with Crippen LogP contribution in [0.2, 0.25) is 10.0 Å². The summed E-state index contributed by atoms with van der Waals surface area (Å²) in [5.41, 5.74) is 3.26. The number of fused-ring (bicyclic) bond motifs is 3. The van der Waals surface area contributed by atoms with E-state index in [1.165, 1.54) is 11.3 Å². The van der Waals surface area contributed by atoms with E-state index < -0.39 is 0 Å². The molecular weight excluding hydrogens is 467 g/mol. The number of para-hydroxylation sites is 2. The van der Waals surface area contributed by atoms with E-state index >= 15 is 0 Å². The first kappa shape index (κ1) is 20.8. The highest BCUT2D eigenvalue weighted by atomic mass is 35.5. The number of halogens is 2. The summed E-state index contributed by atoms with van der Waals surface area (Å²) >= 11 is 13.4. The predicted octanol–water partition coefficient (Wildman–Crippen LogP) is 5.35. The summed E-state index contributed by atoms with van der Waals surface area (Å²) < 4.78 is 13.7. The molecule has 0 unspecified atom stereocenters. The van der Waals surface area contributed by atoms with E-state index in [-0.39, 0.29) is 5.56 Å². The Hall–Kier alpha value is -3.06. The Morgan fingerprint density at radius 2 is 1.88 bits per heavy atom. The summed E-state index contributed by atoms with van der Waals surface area (Å²) in [6.45, 7) is 0.316. The molecule has 2 heterocycles. The highest BCUT2D eigenvalue weighted by Gasteiger charge is 2.11. The van der Waals surface area contributed by atoms with Crippen molar-refractivity contribution in [3.63, 3.8) is 0 Å². The molecule has 0 aliphatic carbocycles. The van der Waals surface area contributed by atoms with Crippen LogP contribution in [0.3, 0.4) is 0 Å². The Kier molecular flexibility index (Phi) is 5.51. The number of methoxy groups -OCH3 is 1. The van der Waals surface area contributed by atoms with E-state index in [1.54, 1.807) is 23.6 Å². The summed E-state index contributed by atoms with van der Waals surface area (Å²) in [6.07, 6.45) is 1.84. The quantitative estimate of drug-likeness (QED) is 0.338. The molecule has 0 fully saturated rings. The van der Waals surface area contributed by atoms with Crippen LogP contribution in [0.15, 0.2) is 65.5 Å². The lowest BCUT2D eigenvalue weighted by Gasteiger charge is -2.11. The van der Waals surface area contributed by atoms with Crippen molar-refractivity contribution < 1.29 is 9.47 Å². The van der Waals surface area contributed by atoms with E-state index in [1.807, 2.05) is 54.6 Å². The zero-order chi connectivity index (χ0) is 22.2. The van der Waals surface area contributed by atoms with Crippen LogP contribution in [0.1, 0.15) is 11.1 Å². The van der Waals surface area contributed by atoms with Gasteiger partial charge in [-0.1, -0.05) is 58.8 Å². The lowest BCUT2D eigenvalue weighted by Crippen LogP contribution is -2.22. The Morgan fingerprint density at radius 3 is 2.69 bits per heavy atom. The van der Waals surface area contributed by atoms with Crippen LogP contribution in [-0.2, 0) is 6.61 Å². The molecule has 8 heteroatoms. The highest BCUT2D eigenvalue weighted by Crippen LogP contribution is 2.30. The Bertz CT molecular complexity index is 1580. The topological polar surface area (TPSA) is 52.8 Å². The number of imidazole rings is 1. The van der Waals surface area contributed by atoms with Gasteiger partial charge >= 0.3 is 0 Å². The van der Waals surface area contributed by atoms with E-state index in [2.05, 4.69) is 4.98 Å². The maximum Gasteiger partial charge on any atom is 0.274 e. The minimum Gasteiger partial charge on any atom is -0.493 e. The normalized spacial score (nSPS) is 12.0. The monoisotopic (exact) mass is 482 g/mol. The fraction of sp³-hybridized carbons (Fsp3) is 0.0833. The maximum absolute atomic E-state index is 13.0. The van der Waals surface area contributed by atoms with Gasteiger partial charge in [-0.2, -0.15) is 0 Å². The van der Waals surface area contributed by atoms with Crippen LogP contribution in [0.25, 0.3) is 22.1 Å². The van der Waals surface area contributed by atoms with Gasteiger partial charge in [-0.15, -0.1) is 0 Å². The second-order valence-electron chi connectivity index (χ2n) is 7.08. The molecule has 0 amide bonds. The van der Waals surface area contributed by atoms with Crippen molar-refractivity contribution in [2.45, 2.75) is 6.61 Å². The van der Waals surface area contributed by atoms with Crippen molar-refractivity contribution in [2.75, 3.05) is 7.11 Å². The third-order valence-electron chi connectivity index (χ3n) is 5.01. The van der Waals surface area contributed by atoms with Gasteiger partial charge in [-0.25, -0.2) is 9.38 Å². The van der Waals surface area contributed by atoms with Gasteiger partial charge in [0.05, 0.1) is 32.7 Å². The van der Waals surface area contributed by atoms with Crippen LogP contribution in [-0.4, -0.2) is 16.5 Å². The summed E-state index contributed by atoms with van der Waals surface area (Å²) in [6, 6.07) is 18.5. The van der Waals surface area contributed by atoms with Crippen LogP contribution in [0.4, 0.5) is 0 Å². The molecule has 5 nitrogen and oxygen atoms in total. The largest absolute Gasteiger partial charge is 0.493 e. The summed E-state index contributed by atoms with van der Waals surface area (Å²) in [5.74, 6) is 1.16. The van der Waals surface area contributed by atoms with E-state index in [0.29, 0.717) is 37.6 Å². The molecule has 2 aromatic heterocycles. The molecule has 160 valence electrons. The third-order valence-corrected chi connectivity index (χ3v) is 6.72. The average Bonchev–Trinajstić information content (AvgIpc) is 3.31. The molecule has 0 radical (unpaired) electrons. The average molecular weight is 483 g/mol. The lowest BCUT2D eigenvalue weighted by molar-refractivity contribution is 0.284. The molecule has 0 aliphatic heterocycles. The third kappa shape index (κ3) is 3.81. The Balaban J connectivity index is 1.46. The van der Waals surface area contributed by atoms with Crippen LogP contribution in [0, 0.1) is 0 Å². The number of hydrogen-bond donors (Lipinski definition) is 0. The van der Waals surface area contributed by atoms with Crippen LogP contribution >= 0.6 is 34.5 Å². The van der Waals surface area contributed by atoms with Crippen molar-refractivity contribution in [3.8, 4) is 11.5 Å². The minimum atomic E-state index is -0.0855. The first-order valence-corrected chi connectivity index (χ1v) is 11.3. The van der Waals surface area contributed by atoms with Gasteiger partial charge in [0.2, 0.25) is 0 Å². The summed E-state index contributed by atoms with van der Waals surface area (Å²) in [4.78, 5) is 18.2. The smallest absolute Gasteiger partial charge is 0.274 e. The zero-order valence-electron chi connectivity index (χ0n) is 16.8. The van der Waals surface area contributed by atoms with Gasteiger partial charge in [-0.05, 0) is 53.6 Å². The van der Waals surface area contributed by atoms with Gasteiger partial charge in [0.15, 0.2) is 16.5 Å². The number of aromatic nitrogens is 2. The van der Waals surface area contributed by atoms with Gasteiger partial charge in [-0.3, -0.25) is 4.79 Å². The molecule has 0 N–H and O–H groups in total. The molecule has 0 aliphatic rings. The molecule has 0 atom stereocenters. The predicted molar refractivity (Wildman–Crippen MR) is 129 cm³/mol. The number of rotatable bonds is 5. The first-order chi connectivity index (χ1) is 15.5. The Morgan fingerprint density at radius 1 is 1.03 bits per heavy atom. The lowest BCUT2D eigenvalue weighted by atomic mass is 10.2. The zero-order valence-corrected chi connectivity index (χ0v) is 19.2. The number of hydrogen-bond acceptors (Lipinski definition) is 5. The fourth-order valence-electron chi connectivity index (χ4n) is 3.45. The molecule has 0 bridgehead atoms. The van der Waals surface area contributed by atoms with Crippen LogP contribution in [0.5, 0.6) is 11.5 Å². The van der Waals surface area contributed by atoms with Gasteiger partial charge in [0, 0.05) is 0 Å². The summed E-state index contributed by atoms with van der Waals surface area (Å²) in [5, 5.41) is 0.979. The molecule has 0 spiro atoms. The molecular formula is C24H16Cl2N2O3S. The van der Waals surface area contributed by atoms with Crippen molar-refractivity contribution in [1.82, 2.24) is 9.38 Å². The highest BCUT2D eigenvalue weighted by molar-refractivity contribution is 7.15. The molecule has 0 saturated heterocycles. The van der Waals surface area contributed by atoms with E-state index in [9.17, 15) is 4.79 Å². The minimum absolute atomic E-state index is 0.0855. The van der Waals surface area contributed by atoms with E-state index in [0.717, 1.165) is 22.2 Å². The van der Waals surface area contributed by atoms with Gasteiger partial charge in [0.25, 0.3) is 5.56 Å². The molecule has 3 aromatic carbocycles. The number of thiazole rings is 1. The van der Waals surface area contributed by atoms with Crippen molar-refractivity contribution in [3.05, 3.63) is 96.7 Å².